The highest BCUT2D eigenvalue weighted by atomic mass is 16.5. The molecule has 6 rings (SSSR count). The fourth-order valence-corrected chi connectivity index (χ4v) is 5.49. The second kappa shape index (κ2) is 10.1. The Bertz CT molecular complexity index is 1430. The maximum atomic E-state index is 13.5. The number of amides is 1. The molecule has 200 valence electrons. The van der Waals surface area contributed by atoms with Crippen LogP contribution < -0.4 is 19.4 Å². The summed E-state index contributed by atoms with van der Waals surface area (Å²) in [5, 5.41) is 11.5. The highest BCUT2D eigenvalue weighted by molar-refractivity contribution is 6.51. The molecule has 1 unspecified atom stereocenters. The number of ether oxygens (including phenoxy) is 1. The van der Waals surface area contributed by atoms with Gasteiger partial charge in [-0.25, -0.2) is 0 Å². The number of hydrogen-bond donors (Lipinski definition) is 1. The Morgan fingerprint density at radius 1 is 0.949 bits per heavy atom. The molecule has 1 aromatic heterocycles. The van der Waals surface area contributed by atoms with E-state index in [-0.39, 0.29) is 11.3 Å². The number of aliphatic hydroxyl groups excluding tert-OH is 1. The van der Waals surface area contributed by atoms with Crippen molar-refractivity contribution in [2.75, 3.05) is 68.1 Å². The first-order chi connectivity index (χ1) is 18.9. The molecule has 2 aromatic carbocycles. The van der Waals surface area contributed by atoms with Gasteiger partial charge in [-0.1, -0.05) is 6.07 Å². The average molecular weight is 526 g/mol. The molecule has 4 heterocycles. The zero-order valence-electron chi connectivity index (χ0n) is 22.1. The van der Waals surface area contributed by atoms with Gasteiger partial charge >= 0.3 is 0 Å². The molecular formula is C30H31N5O4. The number of pyridine rings is 1. The third kappa shape index (κ3) is 4.48. The molecule has 1 amide bonds. The van der Waals surface area contributed by atoms with Crippen LogP contribution >= 0.6 is 0 Å². The van der Waals surface area contributed by atoms with Crippen LogP contribution in [0.25, 0.3) is 5.76 Å². The van der Waals surface area contributed by atoms with Crippen LogP contribution in [0.2, 0.25) is 0 Å². The summed E-state index contributed by atoms with van der Waals surface area (Å²) >= 11 is 0. The molecule has 39 heavy (non-hydrogen) atoms. The van der Waals surface area contributed by atoms with Crippen LogP contribution in [0.1, 0.15) is 17.2 Å². The van der Waals surface area contributed by atoms with Crippen LogP contribution in [0, 0.1) is 0 Å². The minimum Gasteiger partial charge on any atom is -0.507 e. The van der Waals surface area contributed by atoms with Gasteiger partial charge in [0.05, 0.1) is 23.8 Å². The van der Waals surface area contributed by atoms with Gasteiger partial charge in [-0.3, -0.25) is 19.5 Å². The van der Waals surface area contributed by atoms with Gasteiger partial charge in [-0.05, 0) is 61.1 Å². The van der Waals surface area contributed by atoms with Gasteiger partial charge in [-0.2, -0.15) is 0 Å². The van der Waals surface area contributed by atoms with Crippen LogP contribution in [0.3, 0.4) is 0 Å². The van der Waals surface area contributed by atoms with Crippen LogP contribution in [-0.4, -0.2) is 80.1 Å². The summed E-state index contributed by atoms with van der Waals surface area (Å²) in [6, 6.07) is 15.8. The van der Waals surface area contributed by atoms with Gasteiger partial charge in [0.15, 0.2) is 0 Å². The number of aromatic nitrogens is 1. The summed E-state index contributed by atoms with van der Waals surface area (Å²) in [5.74, 6) is -0.923. The molecule has 2 fully saturated rings. The lowest BCUT2D eigenvalue weighted by Gasteiger charge is -2.34. The Balaban J connectivity index is 1.41. The lowest BCUT2D eigenvalue weighted by molar-refractivity contribution is -0.132. The molecule has 0 saturated carbocycles. The van der Waals surface area contributed by atoms with Crippen LogP contribution in [0.4, 0.5) is 17.1 Å². The first-order valence-electron chi connectivity index (χ1n) is 13.2. The molecular weight excluding hydrogens is 494 g/mol. The number of fused-ring (bicyclic) bond motifs is 1. The zero-order valence-corrected chi connectivity index (χ0v) is 22.1. The number of ketones is 1. The monoisotopic (exact) mass is 525 g/mol. The van der Waals surface area contributed by atoms with Crippen molar-refractivity contribution in [3.8, 4) is 5.75 Å². The van der Waals surface area contributed by atoms with Gasteiger partial charge in [0.25, 0.3) is 11.7 Å². The topological polar surface area (TPSA) is 89.5 Å². The molecule has 9 nitrogen and oxygen atoms in total. The van der Waals surface area contributed by atoms with Crippen molar-refractivity contribution in [2.24, 2.45) is 0 Å². The molecule has 1 N–H and O–H groups in total. The number of hydrogen-bond acceptors (Lipinski definition) is 8. The number of likely N-dealkylation sites (N-methyl/N-ethyl adjacent to an activating group) is 2. The Morgan fingerprint density at radius 2 is 1.69 bits per heavy atom. The summed E-state index contributed by atoms with van der Waals surface area (Å²) in [6.07, 6.45) is 3.27. The minimum absolute atomic E-state index is 0.0375. The number of anilines is 3. The predicted octanol–water partition coefficient (Wildman–Crippen LogP) is 3.29. The number of carbonyl (C=O) groups is 2. The van der Waals surface area contributed by atoms with E-state index in [1.165, 1.54) is 4.90 Å². The zero-order chi connectivity index (χ0) is 27.1. The van der Waals surface area contributed by atoms with E-state index in [1.807, 2.05) is 42.3 Å². The third-order valence-corrected chi connectivity index (χ3v) is 7.77. The van der Waals surface area contributed by atoms with E-state index in [9.17, 15) is 14.7 Å². The van der Waals surface area contributed by atoms with E-state index in [2.05, 4.69) is 21.8 Å². The van der Waals surface area contributed by atoms with Crippen molar-refractivity contribution in [3.63, 3.8) is 0 Å². The number of aliphatic hydroxyl groups is 1. The molecule has 2 saturated heterocycles. The SMILES string of the molecule is CN1CCN(c2ccc(N3C(=O)C(=O)/C(=C(\O)c4ccc5c(c4)N(C)CCO5)C3c3cccnc3)cc2)CC1. The third-order valence-electron chi connectivity index (χ3n) is 7.77. The smallest absolute Gasteiger partial charge is 0.300 e. The maximum Gasteiger partial charge on any atom is 0.300 e. The van der Waals surface area contributed by atoms with Gasteiger partial charge in [0.2, 0.25) is 0 Å². The second-order valence-electron chi connectivity index (χ2n) is 10.2. The molecule has 0 aliphatic carbocycles. The second-order valence-corrected chi connectivity index (χ2v) is 10.2. The fraction of sp³-hybridized carbons (Fsp3) is 0.300. The Hall–Kier alpha value is -4.37. The summed E-state index contributed by atoms with van der Waals surface area (Å²) in [6.45, 7) is 5.12. The summed E-state index contributed by atoms with van der Waals surface area (Å²) < 4.78 is 5.73. The number of Topliss-reactive ketones (excluding diaryl/α,β-unsaturated/α-hetero) is 1. The molecule has 0 radical (unpaired) electrons. The van der Waals surface area contributed by atoms with E-state index in [0.29, 0.717) is 35.7 Å². The van der Waals surface area contributed by atoms with Crippen LogP contribution in [0.5, 0.6) is 5.75 Å². The highest BCUT2D eigenvalue weighted by Crippen LogP contribution is 2.43. The number of nitrogens with zero attached hydrogens (tertiary/aromatic N) is 5. The van der Waals surface area contributed by atoms with Crippen molar-refractivity contribution in [1.29, 1.82) is 0 Å². The lowest BCUT2D eigenvalue weighted by atomic mass is 9.95. The molecule has 0 bridgehead atoms. The Labute approximate surface area is 227 Å². The van der Waals surface area contributed by atoms with Crippen molar-refractivity contribution in [2.45, 2.75) is 6.04 Å². The summed E-state index contributed by atoms with van der Waals surface area (Å²) in [5.41, 5.74) is 3.60. The minimum atomic E-state index is -0.821. The van der Waals surface area contributed by atoms with Crippen molar-refractivity contribution in [1.82, 2.24) is 9.88 Å². The summed E-state index contributed by atoms with van der Waals surface area (Å²) in [7, 11) is 4.07. The van der Waals surface area contributed by atoms with Crippen molar-refractivity contribution >= 4 is 34.5 Å². The van der Waals surface area contributed by atoms with Gasteiger partial charge < -0.3 is 24.5 Å². The number of carbonyl (C=O) groups excluding carboxylic acids is 2. The summed E-state index contributed by atoms with van der Waals surface area (Å²) in [4.78, 5) is 39.4. The largest absolute Gasteiger partial charge is 0.507 e. The van der Waals surface area contributed by atoms with Crippen LogP contribution in [-0.2, 0) is 9.59 Å². The van der Waals surface area contributed by atoms with E-state index in [0.717, 1.165) is 37.6 Å². The first-order valence-corrected chi connectivity index (χ1v) is 13.2. The van der Waals surface area contributed by atoms with Gasteiger partial charge in [0.1, 0.15) is 18.1 Å². The Kier molecular flexibility index (Phi) is 6.44. The molecule has 0 spiro atoms. The molecule has 1 atom stereocenters. The van der Waals surface area contributed by atoms with E-state index in [4.69, 9.17) is 4.74 Å². The van der Waals surface area contributed by atoms with E-state index >= 15 is 0 Å². The number of rotatable bonds is 4. The Morgan fingerprint density at radius 3 is 2.41 bits per heavy atom. The molecule has 3 aromatic rings. The molecule has 3 aliphatic rings. The first kappa shape index (κ1) is 24.9. The maximum absolute atomic E-state index is 13.5. The molecule has 9 heteroatoms. The van der Waals surface area contributed by atoms with E-state index < -0.39 is 17.7 Å². The quantitative estimate of drug-likeness (QED) is 0.315. The lowest BCUT2D eigenvalue weighted by Crippen LogP contribution is -2.44. The van der Waals surface area contributed by atoms with Crippen molar-refractivity contribution < 1.29 is 19.4 Å². The van der Waals surface area contributed by atoms with Crippen molar-refractivity contribution in [3.05, 3.63) is 83.7 Å². The van der Waals surface area contributed by atoms with E-state index in [1.54, 1.807) is 36.7 Å². The highest BCUT2D eigenvalue weighted by Gasteiger charge is 2.47. The van der Waals surface area contributed by atoms with Crippen LogP contribution in [0.15, 0.2) is 72.6 Å². The fourth-order valence-electron chi connectivity index (χ4n) is 5.49. The molecule has 3 aliphatic heterocycles. The predicted molar refractivity (Wildman–Crippen MR) is 150 cm³/mol. The standard InChI is InChI=1S/C30H31N5O4/c1-32-12-14-34(15-13-32)22-6-8-23(9-7-22)35-27(21-4-3-11-31-19-21)26(29(37)30(35)38)28(36)20-5-10-25-24(18-20)33(2)16-17-39-25/h3-11,18-19,27,36H,12-17H2,1-2H3/b28-26-. The number of benzene rings is 2. The van der Waals surface area contributed by atoms with Gasteiger partial charge in [0, 0.05) is 62.6 Å². The average Bonchev–Trinajstić information content (AvgIpc) is 3.23. The van der Waals surface area contributed by atoms with Gasteiger partial charge in [-0.15, -0.1) is 0 Å². The normalized spacial score (nSPS) is 21.2. The number of piperazine rings is 1.